The summed E-state index contributed by atoms with van der Waals surface area (Å²) in [5.74, 6) is -1.22. The van der Waals surface area contributed by atoms with Crippen molar-refractivity contribution in [2.24, 2.45) is 0 Å². The highest BCUT2D eigenvalue weighted by Gasteiger charge is 2.32. The molecule has 0 spiro atoms. The molecule has 0 atom stereocenters. The molecule has 0 saturated carbocycles. The van der Waals surface area contributed by atoms with E-state index in [1.54, 1.807) is 12.3 Å². The normalized spacial score (nSPS) is 11.3. The number of aryl methyl sites for hydroxylation is 1. The van der Waals surface area contributed by atoms with E-state index in [-0.39, 0.29) is 25.4 Å². The van der Waals surface area contributed by atoms with Crippen LogP contribution in [0.4, 0.5) is 13.2 Å². The van der Waals surface area contributed by atoms with Gasteiger partial charge in [0.2, 0.25) is 5.91 Å². The van der Waals surface area contributed by atoms with Crippen molar-refractivity contribution in [1.29, 1.82) is 0 Å². The predicted octanol–water partition coefficient (Wildman–Crippen LogP) is 4.65. The first-order chi connectivity index (χ1) is 15.5. The van der Waals surface area contributed by atoms with Gasteiger partial charge >= 0.3 is 12.1 Å². The second kappa shape index (κ2) is 9.81. The van der Waals surface area contributed by atoms with Crippen LogP contribution in [-0.2, 0) is 35.3 Å². The molecule has 0 aliphatic carbocycles. The number of pyridine rings is 2. The molecule has 9 heteroatoms. The van der Waals surface area contributed by atoms with Crippen molar-refractivity contribution in [3.05, 3.63) is 82.9 Å². The number of aromatic nitrogens is 2. The Kier molecular flexibility index (Phi) is 7.10. The summed E-state index contributed by atoms with van der Waals surface area (Å²) in [7, 11) is 0. The minimum Gasteiger partial charge on any atom is -0.481 e. The van der Waals surface area contributed by atoms with Crippen LogP contribution in [0.25, 0.3) is 11.1 Å². The SMILES string of the molecule is CC(=O)N(Cc1ccc(C(F)(F)F)nc1)Cc1cc(C)ccc1-c1cncc(CC(=O)O)c1. The average Bonchev–Trinajstić information content (AvgIpc) is 2.73. The smallest absolute Gasteiger partial charge is 0.433 e. The minimum absolute atomic E-state index is 0.0884. The Morgan fingerprint density at radius 1 is 1.00 bits per heavy atom. The third-order valence-electron chi connectivity index (χ3n) is 5.02. The first-order valence-corrected chi connectivity index (χ1v) is 10.1. The third-order valence-corrected chi connectivity index (χ3v) is 5.02. The molecule has 0 unspecified atom stereocenters. The van der Waals surface area contributed by atoms with Gasteiger partial charge in [0.15, 0.2) is 0 Å². The van der Waals surface area contributed by atoms with E-state index in [4.69, 9.17) is 5.11 Å². The number of nitrogens with zero attached hydrogens (tertiary/aromatic N) is 3. The number of benzene rings is 1. The van der Waals surface area contributed by atoms with Crippen molar-refractivity contribution in [2.75, 3.05) is 0 Å². The summed E-state index contributed by atoms with van der Waals surface area (Å²) < 4.78 is 38.3. The number of hydrogen-bond acceptors (Lipinski definition) is 4. The Morgan fingerprint density at radius 2 is 1.76 bits per heavy atom. The summed E-state index contributed by atoms with van der Waals surface area (Å²) in [6, 6.07) is 9.64. The predicted molar refractivity (Wildman–Crippen MR) is 115 cm³/mol. The van der Waals surface area contributed by atoms with Gasteiger partial charge < -0.3 is 10.0 Å². The molecule has 0 bridgehead atoms. The summed E-state index contributed by atoms with van der Waals surface area (Å²) in [6.45, 7) is 3.59. The van der Waals surface area contributed by atoms with Crippen molar-refractivity contribution < 1.29 is 27.9 Å². The van der Waals surface area contributed by atoms with E-state index in [2.05, 4.69) is 9.97 Å². The molecule has 6 nitrogen and oxygen atoms in total. The Morgan fingerprint density at radius 3 is 2.36 bits per heavy atom. The van der Waals surface area contributed by atoms with Gasteiger partial charge in [-0.15, -0.1) is 0 Å². The molecule has 3 aromatic rings. The van der Waals surface area contributed by atoms with Crippen molar-refractivity contribution in [3.8, 4) is 11.1 Å². The number of hydrogen-bond donors (Lipinski definition) is 1. The van der Waals surface area contributed by atoms with Crippen LogP contribution in [0.2, 0.25) is 0 Å². The largest absolute Gasteiger partial charge is 0.481 e. The average molecular weight is 457 g/mol. The lowest BCUT2D eigenvalue weighted by molar-refractivity contribution is -0.141. The molecule has 0 saturated heterocycles. The lowest BCUT2D eigenvalue weighted by atomic mass is 9.97. The van der Waals surface area contributed by atoms with E-state index in [1.165, 1.54) is 24.1 Å². The minimum atomic E-state index is -4.53. The van der Waals surface area contributed by atoms with E-state index in [0.717, 1.165) is 29.0 Å². The maximum atomic E-state index is 12.8. The summed E-state index contributed by atoms with van der Waals surface area (Å²) in [4.78, 5) is 32.5. The van der Waals surface area contributed by atoms with Gasteiger partial charge in [-0.05, 0) is 41.3 Å². The Hall–Kier alpha value is -3.75. The number of carbonyl (C=O) groups excluding carboxylic acids is 1. The molecular weight excluding hydrogens is 435 g/mol. The number of carboxylic acid groups (broad SMARTS) is 1. The highest BCUT2D eigenvalue weighted by molar-refractivity contribution is 5.75. The molecular formula is C24H22F3N3O3. The first-order valence-electron chi connectivity index (χ1n) is 10.1. The maximum absolute atomic E-state index is 12.8. The fourth-order valence-corrected chi connectivity index (χ4v) is 3.43. The molecule has 0 fully saturated rings. The second-order valence-electron chi connectivity index (χ2n) is 7.74. The van der Waals surface area contributed by atoms with Crippen molar-refractivity contribution in [2.45, 2.75) is 39.5 Å². The molecule has 1 amide bonds. The van der Waals surface area contributed by atoms with Gasteiger partial charge in [-0.2, -0.15) is 13.2 Å². The van der Waals surface area contributed by atoms with Crippen molar-refractivity contribution in [1.82, 2.24) is 14.9 Å². The molecule has 0 aliphatic heterocycles. The van der Waals surface area contributed by atoms with E-state index < -0.39 is 17.8 Å². The highest BCUT2D eigenvalue weighted by Crippen LogP contribution is 2.29. The van der Waals surface area contributed by atoms with E-state index in [9.17, 15) is 22.8 Å². The van der Waals surface area contributed by atoms with Gasteiger partial charge in [-0.25, -0.2) is 0 Å². The molecule has 33 heavy (non-hydrogen) atoms. The van der Waals surface area contributed by atoms with Crippen LogP contribution in [0.15, 0.2) is 55.0 Å². The first kappa shape index (κ1) is 23.9. The fraction of sp³-hybridized carbons (Fsp3) is 0.250. The topological polar surface area (TPSA) is 83.4 Å². The number of carbonyl (C=O) groups is 2. The van der Waals surface area contributed by atoms with Crippen molar-refractivity contribution in [3.63, 3.8) is 0 Å². The van der Waals surface area contributed by atoms with Gasteiger partial charge in [0, 0.05) is 44.2 Å². The lowest BCUT2D eigenvalue weighted by Crippen LogP contribution is -2.28. The van der Waals surface area contributed by atoms with Gasteiger partial charge in [-0.1, -0.05) is 29.8 Å². The van der Waals surface area contributed by atoms with E-state index >= 15 is 0 Å². The molecule has 172 valence electrons. The quantitative estimate of drug-likeness (QED) is 0.559. The Labute approximate surface area is 188 Å². The molecule has 1 N–H and O–H groups in total. The standard InChI is InChI=1S/C24H22F3N3O3/c1-15-3-5-21(19-8-18(9-23(32)33)10-28-12-19)20(7-15)14-30(16(2)31)13-17-4-6-22(29-11-17)24(25,26)27/h3-8,10-12H,9,13-14H2,1-2H3,(H,32,33). The number of carboxylic acids is 1. The van der Waals surface area contributed by atoms with E-state index in [0.29, 0.717) is 16.7 Å². The maximum Gasteiger partial charge on any atom is 0.433 e. The van der Waals surface area contributed by atoms with Gasteiger partial charge in [0.25, 0.3) is 0 Å². The van der Waals surface area contributed by atoms with Crippen molar-refractivity contribution >= 4 is 11.9 Å². The van der Waals surface area contributed by atoms with Gasteiger partial charge in [-0.3, -0.25) is 19.6 Å². The zero-order chi connectivity index (χ0) is 24.2. The zero-order valence-corrected chi connectivity index (χ0v) is 18.1. The van der Waals surface area contributed by atoms with Crippen LogP contribution in [0.3, 0.4) is 0 Å². The van der Waals surface area contributed by atoms with Crippen LogP contribution >= 0.6 is 0 Å². The van der Waals surface area contributed by atoms with Crippen LogP contribution in [0, 0.1) is 6.92 Å². The number of halogens is 3. The number of aliphatic carboxylic acids is 1. The Bertz CT molecular complexity index is 1160. The highest BCUT2D eigenvalue weighted by atomic mass is 19.4. The Balaban J connectivity index is 1.90. The molecule has 2 heterocycles. The number of alkyl halides is 3. The summed E-state index contributed by atoms with van der Waals surface area (Å²) in [5, 5.41) is 9.06. The van der Waals surface area contributed by atoms with E-state index in [1.807, 2.05) is 25.1 Å². The molecule has 3 rings (SSSR count). The zero-order valence-electron chi connectivity index (χ0n) is 18.1. The monoisotopic (exact) mass is 457 g/mol. The van der Waals surface area contributed by atoms with Gasteiger partial charge in [0.05, 0.1) is 6.42 Å². The third kappa shape index (κ3) is 6.38. The van der Waals surface area contributed by atoms with Crippen LogP contribution < -0.4 is 0 Å². The molecule has 0 aliphatic rings. The van der Waals surface area contributed by atoms with Gasteiger partial charge in [0.1, 0.15) is 5.69 Å². The van der Waals surface area contributed by atoms with Crippen LogP contribution in [0.1, 0.15) is 34.9 Å². The number of amides is 1. The lowest BCUT2D eigenvalue weighted by Gasteiger charge is -2.23. The summed E-state index contributed by atoms with van der Waals surface area (Å²) in [5.41, 5.74) is 3.29. The molecule has 1 aromatic carbocycles. The molecule has 2 aromatic heterocycles. The van der Waals surface area contributed by atoms with Crippen LogP contribution in [0.5, 0.6) is 0 Å². The number of rotatable bonds is 7. The molecule has 0 radical (unpaired) electrons. The van der Waals surface area contributed by atoms with Crippen LogP contribution in [-0.4, -0.2) is 31.9 Å². The second-order valence-corrected chi connectivity index (χ2v) is 7.74. The summed E-state index contributed by atoms with van der Waals surface area (Å²) >= 11 is 0. The fourth-order valence-electron chi connectivity index (χ4n) is 3.43. The summed E-state index contributed by atoms with van der Waals surface area (Å²) in [6.07, 6.45) is -0.460.